The number of benzene rings is 1. The molecule has 0 aliphatic carbocycles. The van der Waals surface area contributed by atoms with E-state index in [2.05, 4.69) is 34.2 Å². The van der Waals surface area contributed by atoms with Crippen LogP contribution in [0.4, 0.5) is 11.9 Å². The number of hydrogen-bond donors (Lipinski definition) is 2. The van der Waals surface area contributed by atoms with Crippen LogP contribution >= 0.6 is 0 Å². The molecule has 0 spiro atoms. The Morgan fingerprint density at radius 1 is 1.10 bits per heavy atom. The van der Waals surface area contributed by atoms with Crippen LogP contribution in [0, 0.1) is 0 Å². The van der Waals surface area contributed by atoms with Crippen molar-refractivity contribution in [2.24, 2.45) is 5.84 Å². The van der Waals surface area contributed by atoms with Crippen molar-refractivity contribution in [3.8, 4) is 11.8 Å². The normalized spacial score (nSPS) is 10.6. The fraction of sp³-hybridized carbons (Fsp3) is 0.357. The predicted octanol–water partition coefficient (Wildman–Crippen LogP) is 2.14. The fourth-order valence-corrected chi connectivity index (χ4v) is 1.68. The van der Waals surface area contributed by atoms with Gasteiger partial charge in [0.25, 0.3) is 0 Å². The van der Waals surface area contributed by atoms with E-state index in [4.69, 9.17) is 10.6 Å². The Bertz CT molecular complexity index is 597. The van der Waals surface area contributed by atoms with Gasteiger partial charge in [0.15, 0.2) is 0 Å². The molecule has 1 aromatic carbocycles. The van der Waals surface area contributed by atoms with Gasteiger partial charge in [0.05, 0.1) is 0 Å². The third-order valence-electron chi connectivity index (χ3n) is 2.89. The quantitative estimate of drug-likeness (QED) is 0.643. The fourth-order valence-electron chi connectivity index (χ4n) is 1.68. The zero-order chi connectivity index (χ0) is 15.4. The van der Waals surface area contributed by atoms with Gasteiger partial charge in [-0.05, 0) is 23.6 Å². The molecule has 0 fully saturated rings. The van der Waals surface area contributed by atoms with Crippen molar-refractivity contribution in [2.45, 2.75) is 19.8 Å². The minimum absolute atomic E-state index is 0.193. The molecule has 2 rings (SSSR count). The zero-order valence-electron chi connectivity index (χ0n) is 12.7. The van der Waals surface area contributed by atoms with Crippen molar-refractivity contribution in [3.05, 3.63) is 29.8 Å². The molecule has 0 saturated carbocycles. The van der Waals surface area contributed by atoms with Crippen molar-refractivity contribution in [1.29, 1.82) is 0 Å². The molecule has 0 aliphatic rings. The molecule has 0 saturated heterocycles. The summed E-state index contributed by atoms with van der Waals surface area (Å²) in [4.78, 5) is 14.2. The van der Waals surface area contributed by atoms with Gasteiger partial charge in [0.1, 0.15) is 5.75 Å². The molecule has 3 N–H and O–H groups in total. The third kappa shape index (κ3) is 3.79. The number of ether oxygens (including phenoxy) is 1. The van der Waals surface area contributed by atoms with Crippen LogP contribution in [0.3, 0.4) is 0 Å². The number of hydrogen-bond acceptors (Lipinski definition) is 7. The highest BCUT2D eigenvalue weighted by Crippen LogP contribution is 2.23. The van der Waals surface area contributed by atoms with Gasteiger partial charge in [-0.25, -0.2) is 5.84 Å². The molecule has 0 amide bonds. The minimum Gasteiger partial charge on any atom is -0.424 e. The second kappa shape index (κ2) is 6.36. The highest BCUT2D eigenvalue weighted by Gasteiger charge is 2.09. The van der Waals surface area contributed by atoms with Crippen LogP contribution in [-0.2, 0) is 0 Å². The molecule has 21 heavy (non-hydrogen) atoms. The van der Waals surface area contributed by atoms with Gasteiger partial charge in [-0.2, -0.15) is 15.0 Å². The van der Waals surface area contributed by atoms with E-state index in [0.29, 0.717) is 17.6 Å². The molecule has 0 radical (unpaired) electrons. The lowest BCUT2D eigenvalue weighted by atomic mass is 10.0. The Morgan fingerprint density at radius 3 is 2.29 bits per heavy atom. The molecule has 2 aromatic rings. The summed E-state index contributed by atoms with van der Waals surface area (Å²) in [6, 6.07) is 8.03. The number of rotatable bonds is 5. The number of nitrogen functional groups attached to an aromatic ring is 1. The second-order valence-electron chi connectivity index (χ2n) is 5.11. The molecule has 7 heteroatoms. The van der Waals surface area contributed by atoms with E-state index in [1.54, 1.807) is 4.90 Å². The molecule has 1 aromatic heterocycles. The third-order valence-corrected chi connectivity index (χ3v) is 2.89. The number of hydrazine groups is 1. The average Bonchev–Trinajstić information content (AvgIpc) is 2.47. The molecule has 112 valence electrons. The van der Waals surface area contributed by atoms with Crippen LogP contribution in [0.2, 0.25) is 0 Å². The van der Waals surface area contributed by atoms with E-state index < -0.39 is 0 Å². The molecular formula is C14H20N6O. The lowest BCUT2D eigenvalue weighted by Crippen LogP contribution is -2.17. The summed E-state index contributed by atoms with van der Waals surface area (Å²) in [7, 11) is 3.66. The Balaban J connectivity index is 2.24. The van der Waals surface area contributed by atoms with Crippen LogP contribution in [-0.4, -0.2) is 29.0 Å². The molecule has 0 atom stereocenters. The standard InChI is InChI=1S/C14H20N6O/c1-9(2)10-5-7-11(8-6-10)21-14-17-12(19-15)16-13(18-14)20(3)4/h5-9H,15H2,1-4H3,(H,16,17,18,19). The topological polar surface area (TPSA) is 89.2 Å². The number of nitrogens with one attached hydrogen (secondary N) is 1. The smallest absolute Gasteiger partial charge is 0.328 e. The lowest BCUT2D eigenvalue weighted by Gasteiger charge is -2.12. The van der Waals surface area contributed by atoms with Crippen molar-refractivity contribution in [1.82, 2.24) is 15.0 Å². The number of nitrogens with two attached hydrogens (primary N) is 1. The summed E-state index contributed by atoms with van der Waals surface area (Å²) in [5, 5.41) is 0. The Hall–Kier alpha value is -2.41. The van der Waals surface area contributed by atoms with Crippen LogP contribution < -0.4 is 20.9 Å². The molecular weight excluding hydrogens is 268 g/mol. The van der Waals surface area contributed by atoms with Gasteiger partial charge < -0.3 is 9.64 Å². The number of nitrogens with zero attached hydrogens (tertiary/aromatic N) is 4. The Morgan fingerprint density at radius 2 is 1.76 bits per heavy atom. The first-order chi connectivity index (χ1) is 9.99. The summed E-state index contributed by atoms with van der Waals surface area (Å²) in [5.41, 5.74) is 3.65. The maximum Gasteiger partial charge on any atom is 0.328 e. The van der Waals surface area contributed by atoms with Crippen molar-refractivity contribution in [2.75, 3.05) is 24.4 Å². The summed E-state index contributed by atoms with van der Waals surface area (Å²) in [6.07, 6.45) is 0. The summed E-state index contributed by atoms with van der Waals surface area (Å²) < 4.78 is 5.66. The van der Waals surface area contributed by atoms with Crippen LogP contribution in [0.25, 0.3) is 0 Å². The monoisotopic (exact) mass is 288 g/mol. The van der Waals surface area contributed by atoms with Gasteiger partial charge in [0, 0.05) is 14.1 Å². The van der Waals surface area contributed by atoms with E-state index in [0.717, 1.165) is 0 Å². The second-order valence-corrected chi connectivity index (χ2v) is 5.11. The summed E-state index contributed by atoms with van der Waals surface area (Å²) >= 11 is 0. The lowest BCUT2D eigenvalue weighted by molar-refractivity contribution is 0.440. The highest BCUT2D eigenvalue weighted by molar-refractivity contribution is 5.37. The van der Waals surface area contributed by atoms with E-state index in [1.165, 1.54) is 5.56 Å². The highest BCUT2D eigenvalue weighted by atomic mass is 16.5. The van der Waals surface area contributed by atoms with Crippen LogP contribution in [0.1, 0.15) is 25.3 Å². The number of aromatic nitrogens is 3. The first kappa shape index (κ1) is 15.0. The van der Waals surface area contributed by atoms with Gasteiger partial charge in [-0.15, -0.1) is 0 Å². The van der Waals surface area contributed by atoms with Crippen molar-refractivity contribution < 1.29 is 4.74 Å². The Kier molecular flexibility index (Phi) is 4.54. The molecule has 7 nitrogen and oxygen atoms in total. The Labute approximate surface area is 124 Å². The minimum atomic E-state index is 0.193. The average molecular weight is 288 g/mol. The maximum absolute atomic E-state index is 5.66. The maximum atomic E-state index is 5.66. The largest absolute Gasteiger partial charge is 0.424 e. The number of anilines is 2. The van der Waals surface area contributed by atoms with E-state index in [1.807, 2.05) is 38.4 Å². The van der Waals surface area contributed by atoms with E-state index in [-0.39, 0.29) is 12.0 Å². The van der Waals surface area contributed by atoms with E-state index >= 15 is 0 Å². The van der Waals surface area contributed by atoms with Gasteiger partial charge in [-0.3, -0.25) is 5.43 Å². The van der Waals surface area contributed by atoms with Crippen LogP contribution in [0.5, 0.6) is 11.8 Å². The SMILES string of the molecule is CC(C)c1ccc(Oc2nc(NN)nc(N(C)C)n2)cc1. The summed E-state index contributed by atoms with van der Waals surface area (Å²) in [6.45, 7) is 4.29. The molecule has 0 bridgehead atoms. The van der Waals surface area contributed by atoms with Crippen molar-refractivity contribution in [3.63, 3.8) is 0 Å². The molecule has 1 heterocycles. The van der Waals surface area contributed by atoms with Gasteiger partial charge in [0.2, 0.25) is 11.9 Å². The molecule has 0 aliphatic heterocycles. The van der Waals surface area contributed by atoms with Crippen molar-refractivity contribution >= 4 is 11.9 Å². The van der Waals surface area contributed by atoms with E-state index in [9.17, 15) is 0 Å². The predicted molar refractivity (Wildman–Crippen MR) is 82.6 cm³/mol. The molecule has 0 unspecified atom stereocenters. The summed E-state index contributed by atoms with van der Waals surface area (Å²) in [5.74, 6) is 7.22. The zero-order valence-corrected chi connectivity index (χ0v) is 12.7. The van der Waals surface area contributed by atoms with Gasteiger partial charge >= 0.3 is 6.01 Å². The van der Waals surface area contributed by atoms with Gasteiger partial charge in [-0.1, -0.05) is 26.0 Å². The first-order valence-electron chi connectivity index (χ1n) is 6.67. The van der Waals surface area contributed by atoms with Crippen LogP contribution in [0.15, 0.2) is 24.3 Å². The first-order valence-corrected chi connectivity index (χ1v) is 6.67.